The summed E-state index contributed by atoms with van der Waals surface area (Å²) in [6.07, 6.45) is 16.0. The zero-order valence-corrected chi connectivity index (χ0v) is 25.8. The third-order valence-corrected chi connectivity index (χ3v) is 7.09. The maximum Gasteiger partial charge on any atom is 0.472 e. The van der Waals surface area contributed by atoms with Gasteiger partial charge in [-0.1, -0.05) is 90.9 Å². The van der Waals surface area contributed by atoms with E-state index in [0.29, 0.717) is 23.9 Å². The largest absolute Gasteiger partial charge is 0.472 e. The van der Waals surface area contributed by atoms with Crippen molar-refractivity contribution in [3.05, 3.63) is 0 Å². The molecule has 9 nitrogen and oxygen atoms in total. The first-order valence-corrected chi connectivity index (χ1v) is 16.3. The molecular formula is C28H57NO8P+. The number of carbonyl (C=O) groups is 2. The summed E-state index contributed by atoms with van der Waals surface area (Å²) in [5.41, 5.74) is 0. The highest BCUT2D eigenvalue weighted by Crippen LogP contribution is 2.43. The Morgan fingerprint density at radius 2 is 1.24 bits per heavy atom. The molecule has 0 bridgehead atoms. The molecule has 10 heteroatoms. The van der Waals surface area contributed by atoms with E-state index in [0.717, 1.165) is 12.8 Å². The highest BCUT2D eigenvalue weighted by Gasteiger charge is 2.26. The smallest absolute Gasteiger partial charge is 0.462 e. The second kappa shape index (κ2) is 22.8. The van der Waals surface area contributed by atoms with Gasteiger partial charge in [0.25, 0.3) is 0 Å². The van der Waals surface area contributed by atoms with Crippen molar-refractivity contribution in [1.82, 2.24) is 0 Å². The zero-order chi connectivity index (χ0) is 28.7. The van der Waals surface area contributed by atoms with Crippen LogP contribution in [0.1, 0.15) is 117 Å². The molecule has 0 aromatic carbocycles. The summed E-state index contributed by atoms with van der Waals surface area (Å²) in [4.78, 5) is 34.0. The van der Waals surface area contributed by atoms with Crippen molar-refractivity contribution in [2.45, 2.75) is 123 Å². The molecule has 2 unspecified atom stereocenters. The fraction of sp³-hybridized carbons (Fsp3) is 0.929. The number of carbonyl (C=O) groups excluding carboxylic acids is 2. The Balaban J connectivity index is 4.24. The van der Waals surface area contributed by atoms with E-state index in [4.69, 9.17) is 18.5 Å². The summed E-state index contributed by atoms with van der Waals surface area (Å²) in [5.74, 6) is -0.858. The van der Waals surface area contributed by atoms with Crippen LogP contribution in [0.5, 0.6) is 0 Å². The summed E-state index contributed by atoms with van der Waals surface area (Å²) in [5, 5.41) is 0. The molecule has 0 saturated heterocycles. The van der Waals surface area contributed by atoms with Crippen LogP contribution in [0.15, 0.2) is 0 Å². The molecule has 0 aliphatic rings. The van der Waals surface area contributed by atoms with Crippen molar-refractivity contribution < 1.29 is 42.1 Å². The van der Waals surface area contributed by atoms with E-state index in [9.17, 15) is 19.0 Å². The van der Waals surface area contributed by atoms with Crippen molar-refractivity contribution in [1.29, 1.82) is 0 Å². The summed E-state index contributed by atoms with van der Waals surface area (Å²) in [6.45, 7) is 4.01. The monoisotopic (exact) mass is 566 g/mol. The second-order valence-corrected chi connectivity index (χ2v) is 12.6. The number of unbranched alkanes of at least 4 members (excludes halogenated alkanes) is 12. The van der Waals surface area contributed by atoms with Crippen LogP contribution in [0.4, 0.5) is 0 Å². The normalized spacial score (nSPS) is 14.2. The fourth-order valence-corrected chi connectivity index (χ4v) is 4.50. The molecule has 0 aromatic heterocycles. The lowest BCUT2D eigenvalue weighted by Crippen LogP contribution is -2.37. The number of hydrogen-bond acceptors (Lipinski definition) is 7. The first-order valence-electron chi connectivity index (χ1n) is 14.8. The molecule has 0 heterocycles. The molecule has 1 N–H and O–H groups in total. The van der Waals surface area contributed by atoms with E-state index in [2.05, 4.69) is 6.92 Å². The molecule has 0 saturated carbocycles. The SMILES string of the molecule is CCCCCCCCCCCCCCCC(=O)OC(COC(=O)CCC)COP(=O)(O)OCC[N+](C)(C)C. The summed E-state index contributed by atoms with van der Waals surface area (Å²) < 4.78 is 33.4. The van der Waals surface area contributed by atoms with Crippen molar-refractivity contribution in [3.63, 3.8) is 0 Å². The zero-order valence-electron chi connectivity index (χ0n) is 24.9. The highest BCUT2D eigenvalue weighted by atomic mass is 31.2. The third kappa shape index (κ3) is 25.3. The molecule has 0 fully saturated rings. The number of rotatable bonds is 26. The van der Waals surface area contributed by atoms with Gasteiger partial charge in [0, 0.05) is 12.8 Å². The summed E-state index contributed by atoms with van der Waals surface area (Å²) in [7, 11) is 1.47. The Morgan fingerprint density at radius 3 is 1.74 bits per heavy atom. The van der Waals surface area contributed by atoms with Gasteiger partial charge in [-0.15, -0.1) is 0 Å². The van der Waals surface area contributed by atoms with Crippen molar-refractivity contribution in [2.24, 2.45) is 0 Å². The Morgan fingerprint density at radius 1 is 0.711 bits per heavy atom. The molecule has 0 rings (SSSR count). The van der Waals surface area contributed by atoms with Gasteiger partial charge >= 0.3 is 19.8 Å². The number of nitrogens with zero attached hydrogens (tertiary/aromatic N) is 1. The van der Waals surface area contributed by atoms with Crippen molar-refractivity contribution in [3.8, 4) is 0 Å². The van der Waals surface area contributed by atoms with E-state index < -0.39 is 32.5 Å². The minimum atomic E-state index is -4.33. The number of ether oxygens (including phenoxy) is 2. The van der Waals surface area contributed by atoms with Gasteiger partial charge in [0.2, 0.25) is 0 Å². The maximum absolute atomic E-state index is 12.3. The van der Waals surface area contributed by atoms with E-state index in [1.165, 1.54) is 64.2 Å². The van der Waals surface area contributed by atoms with Crippen LogP contribution in [0.2, 0.25) is 0 Å². The molecule has 226 valence electrons. The number of esters is 2. The third-order valence-electron chi connectivity index (χ3n) is 6.11. The Labute approximate surface area is 232 Å². The average molecular weight is 567 g/mol. The maximum atomic E-state index is 12.3. The topological polar surface area (TPSA) is 108 Å². The Kier molecular flexibility index (Phi) is 22.2. The number of likely N-dealkylation sites (N-methyl/N-ethyl adjacent to an activating group) is 1. The lowest BCUT2D eigenvalue weighted by atomic mass is 10.0. The predicted octanol–water partition coefficient (Wildman–Crippen LogP) is 6.56. The van der Waals surface area contributed by atoms with E-state index in [1.54, 1.807) is 0 Å². The predicted molar refractivity (Wildman–Crippen MR) is 151 cm³/mol. The van der Waals surface area contributed by atoms with E-state index in [1.807, 2.05) is 28.1 Å². The van der Waals surface area contributed by atoms with Crippen LogP contribution in [-0.2, 0) is 32.7 Å². The van der Waals surface area contributed by atoms with Gasteiger partial charge in [0.1, 0.15) is 19.8 Å². The lowest BCUT2D eigenvalue weighted by molar-refractivity contribution is -0.870. The lowest BCUT2D eigenvalue weighted by Gasteiger charge is -2.24. The average Bonchev–Trinajstić information content (AvgIpc) is 2.83. The first-order chi connectivity index (χ1) is 18.0. The number of hydrogen-bond donors (Lipinski definition) is 1. The van der Waals surface area contributed by atoms with Gasteiger partial charge in [-0.25, -0.2) is 4.57 Å². The van der Waals surface area contributed by atoms with Crippen LogP contribution in [0, 0.1) is 0 Å². The second-order valence-electron chi connectivity index (χ2n) is 11.1. The first kappa shape index (κ1) is 37.0. The molecule has 38 heavy (non-hydrogen) atoms. The molecule has 0 spiro atoms. The molecule has 0 radical (unpaired) electrons. The van der Waals surface area contributed by atoms with E-state index in [-0.39, 0.29) is 26.1 Å². The van der Waals surface area contributed by atoms with Crippen LogP contribution in [0.3, 0.4) is 0 Å². The molecule has 0 aliphatic carbocycles. The molecule has 0 aliphatic heterocycles. The number of quaternary nitrogens is 1. The van der Waals surface area contributed by atoms with Gasteiger partial charge < -0.3 is 18.9 Å². The summed E-state index contributed by atoms with van der Waals surface area (Å²) >= 11 is 0. The van der Waals surface area contributed by atoms with E-state index >= 15 is 0 Å². The highest BCUT2D eigenvalue weighted by molar-refractivity contribution is 7.47. The number of phosphoric acid groups is 1. The molecular weight excluding hydrogens is 509 g/mol. The standard InChI is InChI=1S/C28H56NO8P/c1-6-8-9-10-11-12-13-14-15-16-17-18-19-21-28(31)37-26(24-34-27(30)20-7-2)25-36-38(32,33)35-23-22-29(3,4)5/h26H,6-25H2,1-5H3/p+1. The van der Waals surface area contributed by atoms with Crippen LogP contribution < -0.4 is 0 Å². The van der Waals surface area contributed by atoms with Gasteiger partial charge in [-0.2, -0.15) is 0 Å². The van der Waals surface area contributed by atoms with Gasteiger partial charge in [0.05, 0.1) is 27.7 Å². The molecule has 0 amide bonds. The minimum absolute atomic E-state index is 0.0340. The van der Waals surface area contributed by atoms with Gasteiger partial charge in [-0.05, 0) is 12.8 Å². The quantitative estimate of drug-likeness (QED) is 0.0543. The Hall–Kier alpha value is -0.990. The molecule has 2 atom stereocenters. The van der Waals surface area contributed by atoms with Gasteiger partial charge in [0.15, 0.2) is 6.10 Å². The van der Waals surface area contributed by atoms with Crippen molar-refractivity contribution in [2.75, 3.05) is 47.5 Å². The minimum Gasteiger partial charge on any atom is -0.462 e. The van der Waals surface area contributed by atoms with Crippen molar-refractivity contribution >= 4 is 19.8 Å². The fourth-order valence-electron chi connectivity index (χ4n) is 3.75. The van der Waals surface area contributed by atoms with Gasteiger partial charge in [-0.3, -0.25) is 18.6 Å². The molecule has 0 aromatic rings. The van der Waals surface area contributed by atoms with Crippen LogP contribution in [0.25, 0.3) is 0 Å². The van der Waals surface area contributed by atoms with Crippen LogP contribution in [-0.4, -0.2) is 74.9 Å². The Bertz CT molecular complexity index is 653. The van der Waals surface area contributed by atoms with Crippen LogP contribution >= 0.6 is 7.82 Å². The summed E-state index contributed by atoms with van der Waals surface area (Å²) in [6, 6.07) is 0. The number of phosphoric ester groups is 1.